The molecule has 0 aliphatic rings. The van der Waals surface area contributed by atoms with Crippen molar-refractivity contribution in [1.29, 1.82) is 0 Å². The zero-order chi connectivity index (χ0) is 13.4. The molecule has 1 rings (SSSR count). The van der Waals surface area contributed by atoms with Crippen molar-refractivity contribution in [2.75, 3.05) is 20.1 Å². The van der Waals surface area contributed by atoms with Gasteiger partial charge in [0, 0.05) is 24.9 Å². The van der Waals surface area contributed by atoms with Crippen molar-refractivity contribution in [3.05, 3.63) is 35.9 Å². The maximum atomic E-state index is 11.8. The van der Waals surface area contributed by atoms with Crippen molar-refractivity contribution < 1.29 is 4.79 Å². The van der Waals surface area contributed by atoms with E-state index in [9.17, 15) is 4.79 Å². The fourth-order valence-electron chi connectivity index (χ4n) is 2.02. The Hall–Kier alpha value is -1.35. The van der Waals surface area contributed by atoms with Crippen LogP contribution in [0.1, 0.15) is 31.7 Å². The summed E-state index contributed by atoms with van der Waals surface area (Å²) in [6.45, 7) is 5.53. The predicted octanol–water partition coefficient (Wildman–Crippen LogP) is 2.15. The van der Waals surface area contributed by atoms with E-state index in [0.717, 1.165) is 6.42 Å². The molecule has 2 unspecified atom stereocenters. The van der Waals surface area contributed by atoms with E-state index in [1.807, 2.05) is 32.2 Å². The van der Waals surface area contributed by atoms with Crippen LogP contribution >= 0.6 is 0 Å². The molecule has 0 saturated carbocycles. The van der Waals surface area contributed by atoms with Crippen LogP contribution in [0.4, 0.5) is 0 Å². The van der Waals surface area contributed by atoms with Gasteiger partial charge in [-0.2, -0.15) is 0 Å². The highest BCUT2D eigenvalue weighted by Gasteiger charge is 2.14. The molecule has 1 amide bonds. The highest BCUT2D eigenvalue weighted by atomic mass is 16.1. The lowest BCUT2D eigenvalue weighted by Gasteiger charge is -2.18. The number of hydrogen-bond acceptors (Lipinski definition) is 2. The van der Waals surface area contributed by atoms with Gasteiger partial charge in [0.25, 0.3) is 0 Å². The SMILES string of the molecule is CCC(CNC(=O)C(C)CNC)c1ccccc1. The molecule has 1 aromatic rings. The lowest BCUT2D eigenvalue weighted by molar-refractivity contribution is -0.124. The first-order valence-electron chi connectivity index (χ1n) is 6.66. The van der Waals surface area contributed by atoms with Gasteiger partial charge in [-0.3, -0.25) is 4.79 Å². The zero-order valence-corrected chi connectivity index (χ0v) is 11.6. The largest absolute Gasteiger partial charge is 0.355 e. The highest BCUT2D eigenvalue weighted by Crippen LogP contribution is 2.17. The number of rotatable bonds is 7. The summed E-state index contributed by atoms with van der Waals surface area (Å²) in [6.07, 6.45) is 1.03. The number of carbonyl (C=O) groups is 1. The van der Waals surface area contributed by atoms with Gasteiger partial charge in [0.05, 0.1) is 0 Å². The fourth-order valence-corrected chi connectivity index (χ4v) is 2.02. The molecule has 0 radical (unpaired) electrons. The minimum absolute atomic E-state index is 0.0169. The summed E-state index contributed by atoms with van der Waals surface area (Å²) in [7, 11) is 1.86. The lowest BCUT2D eigenvalue weighted by Crippen LogP contribution is -2.36. The van der Waals surface area contributed by atoms with Crippen LogP contribution < -0.4 is 10.6 Å². The number of benzene rings is 1. The van der Waals surface area contributed by atoms with Crippen LogP contribution in [0.3, 0.4) is 0 Å². The summed E-state index contributed by atoms with van der Waals surface area (Å²) in [5.74, 6) is 0.541. The smallest absolute Gasteiger partial charge is 0.224 e. The summed E-state index contributed by atoms with van der Waals surface area (Å²) >= 11 is 0. The third-order valence-electron chi connectivity index (χ3n) is 3.24. The highest BCUT2D eigenvalue weighted by molar-refractivity contribution is 5.78. The lowest BCUT2D eigenvalue weighted by atomic mass is 9.96. The van der Waals surface area contributed by atoms with Gasteiger partial charge in [-0.1, -0.05) is 44.2 Å². The van der Waals surface area contributed by atoms with Crippen molar-refractivity contribution in [3.63, 3.8) is 0 Å². The second-order valence-electron chi connectivity index (χ2n) is 4.72. The average Bonchev–Trinajstić information content (AvgIpc) is 2.40. The predicted molar refractivity (Wildman–Crippen MR) is 75.6 cm³/mol. The number of amides is 1. The molecule has 0 aromatic heterocycles. The minimum Gasteiger partial charge on any atom is -0.355 e. The Balaban J connectivity index is 2.48. The number of nitrogens with one attached hydrogen (secondary N) is 2. The molecule has 0 fully saturated rings. The molecule has 0 aliphatic carbocycles. The Labute approximate surface area is 110 Å². The van der Waals surface area contributed by atoms with E-state index >= 15 is 0 Å². The number of carbonyl (C=O) groups excluding carboxylic acids is 1. The topological polar surface area (TPSA) is 41.1 Å². The Bertz CT molecular complexity index is 351. The Morgan fingerprint density at radius 2 is 1.89 bits per heavy atom. The first-order valence-corrected chi connectivity index (χ1v) is 6.66. The Morgan fingerprint density at radius 3 is 2.44 bits per heavy atom. The van der Waals surface area contributed by atoms with E-state index in [2.05, 4.69) is 29.7 Å². The second kappa shape index (κ2) is 7.88. The van der Waals surface area contributed by atoms with Gasteiger partial charge in [-0.05, 0) is 19.0 Å². The monoisotopic (exact) mass is 248 g/mol. The Kier molecular flexibility index (Phi) is 6.44. The van der Waals surface area contributed by atoms with E-state index in [-0.39, 0.29) is 11.8 Å². The molecule has 0 bridgehead atoms. The summed E-state index contributed by atoms with van der Waals surface area (Å²) in [5.41, 5.74) is 1.29. The third kappa shape index (κ3) is 4.49. The first-order chi connectivity index (χ1) is 8.69. The maximum Gasteiger partial charge on any atom is 0.224 e. The molecule has 3 nitrogen and oxygen atoms in total. The molecule has 18 heavy (non-hydrogen) atoms. The van der Waals surface area contributed by atoms with Crippen molar-refractivity contribution in [2.24, 2.45) is 5.92 Å². The van der Waals surface area contributed by atoms with Gasteiger partial charge < -0.3 is 10.6 Å². The van der Waals surface area contributed by atoms with Crippen LogP contribution in [0.25, 0.3) is 0 Å². The van der Waals surface area contributed by atoms with Crippen molar-refractivity contribution in [3.8, 4) is 0 Å². The Morgan fingerprint density at radius 1 is 1.22 bits per heavy atom. The van der Waals surface area contributed by atoms with E-state index in [4.69, 9.17) is 0 Å². The quantitative estimate of drug-likeness (QED) is 0.776. The zero-order valence-electron chi connectivity index (χ0n) is 11.6. The second-order valence-corrected chi connectivity index (χ2v) is 4.72. The standard InChI is InChI=1S/C15H24N2O/c1-4-13(14-8-6-5-7-9-14)11-17-15(18)12(2)10-16-3/h5-9,12-13,16H,4,10-11H2,1-3H3,(H,17,18). The van der Waals surface area contributed by atoms with Crippen LogP contribution in [0.15, 0.2) is 30.3 Å². The minimum atomic E-state index is 0.0169. The van der Waals surface area contributed by atoms with Gasteiger partial charge >= 0.3 is 0 Å². The summed E-state index contributed by atoms with van der Waals surface area (Å²) < 4.78 is 0. The van der Waals surface area contributed by atoms with Gasteiger partial charge in [0.2, 0.25) is 5.91 Å². The number of hydrogen-bond donors (Lipinski definition) is 2. The van der Waals surface area contributed by atoms with Crippen molar-refractivity contribution >= 4 is 5.91 Å². The van der Waals surface area contributed by atoms with Crippen LogP contribution in [-0.2, 0) is 4.79 Å². The molecule has 0 saturated heterocycles. The van der Waals surface area contributed by atoms with Crippen molar-refractivity contribution in [1.82, 2.24) is 10.6 Å². The molecule has 100 valence electrons. The first kappa shape index (κ1) is 14.7. The van der Waals surface area contributed by atoms with Crippen LogP contribution in [-0.4, -0.2) is 26.0 Å². The normalized spacial score (nSPS) is 13.9. The van der Waals surface area contributed by atoms with Crippen LogP contribution in [0, 0.1) is 5.92 Å². The van der Waals surface area contributed by atoms with Gasteiger partial charge in [0.15, 0.2) is 0 Å². The average molecular weight is 248 g/mol. The maximum absolute atomic E-state index is 11.8. The molecular formula is C15H24N2O. The van der Waals surface area contributed by atoms with Crippen LogP contribution in [0.5, 0.6) is 0 Å². The summed E-state index contributed by atoms with van der Waals surface area (Å²) in [6, 6.07) is 10.4. The fraction of sp³-hybridized carbons (Fsp3) is 0.533. The molecular weight excluding hydrogens is 224 g/mol. The molecule has 2 N–H and O–H groups in total. The van der Waals surface area contributed by atoms with E-state index in [1.165, 1.54) is 5.56 Å². The molecule has 0 aliphatic heterocycles. The van der Waals surface area contributed by atoms with Gasteiger partial charge in [0.1, 0.15) is 0 Å². The van der Waals surface area contributed by atoms with Crippen molar-refractivity contribution in [2.45, 2.75) is 26.2 Å². The molecule has 2 atom stereocenters. The summed E-state index contributed by atoms with van der Waals surface area (Å²) in [5, 5.41) is 6.06. The van der Waals surface area contributed by atoms with E-state index in [1.54, 1.807) is 0 Å². The molecule has 0 spiro atoms. The molecule has 0 heterocycles. The molecule has 1 aromatic carbocycles. The third-order valence-corrected chi connectivity index (χ3v) is 3.24. The summed E-state index contributed by atoms with van der Waals surface area (Å²) in [4.78, 5) is 11.8. The van der Waals surface area contributed by atoms with Crippen LogP contribution in [0.2, 0.25) is 0 Å². The van der Waals surface area contributed by atoms with E-state index < -0.39 is 0 Å². The van der Waals surface area contributed by atoms with Gasteiger partial charge in [-0.25, -0.2) is 0 Å². The van der Waals surface area contributed by atoms with E-state index in [0.29, 0.717) is 19.0 Å². The molecule has 3 heteroatoms. The van der Waals surface area contributed by atoms with Gasteiger partial charge in [-0.15, -0.1) is 0 Å².